The third-order valence-corrected chi connectivity index (χ3v) is 5.18. The smallest absolute Gasteiger partial charge is 0.227 e. The summed E-state index contributed by atoms with van der Waals surface area (Å²) in [6.07, 6.45) is 5.36. The van der Waals surface area contributed by atoms with Crippen LogP contribution in [0.2, 0.25) is 0 Å². The van der Waals surface area contributed by atoms with Crippen molar-refractivity contribution in [1.29, 1.82) is 0 Å². The molecule has 0 aromatic rings. The Bertz CT molecular complexity index is 307. The molecule has 1 fully saturated rings. The lowest BCUT2D eigenvalue weighted by molar-refractivity contribution is -0.130. The minimum atomic E-state index is -0.167. The Morgan fingerprint density at radius 2 is 1.95 bits per heavy atom. The van der Waals surface area contributed by atoms with Gasteiger partial charge in [0.05, 0.1) is 5.41 Å². The van der Waals surface area contributed by atoms with Gasteiger partial charge in [0.25, 0.3) is 0 Å². The van der Waals surface area contributed by atoms with Crippen molar-refractivity contribution >= 4 is 5.91 Å². The van der Waals surface area contributed by atoms with Gasteiger partial charge < -0.3 is 15.5 Å². The lowest BCUT2D eigenvalue weighted by Crippen LogP contribution is -2.49. The van der Waals surface area contributed by atoms with E-state index in [9.17, 15) is 4.79 Å². The number of carbonyl (C=O) groups is 1. The first-order chi connectivity index (χ1) is 10.0. The highest BCUT2D eigenvalue weighted by Gasteiger charge is 2.40. The minimum absolute atomic E-state index is 0.167. The molecule has 0 saturated carbocycles. The Balaban J connectivity index is 2.63. The van der Waals surface area contributed by atoms with Crippen molar-refractivity contribution in [2.45, 2.75) is 58.9 Å². The van der Waals surface area contributed by atoms with Gasteiger partial charge in [0.1, 0.15) is 0 Å². The maximum Gasteiger partial charge on any atom is 0.227 e. The molecule has 2 unspecified atom stereocenters. The molecule has 2 N–H and O–H groups in total. The Hall–Kier alpha value is -0.610. The molecule has 1 heterocycles. The van der Waals surface area contributed by atoms with Gasteiger partial charge in [-0.1, -0.05) is 40.0 Å². The zero-order chi connectivity index (χ0) is 15.9. The van der Waals surface area contributed by atoms with Crippen LogP contribution in [0.3, 0.4) is 0 Å². The van der Waals surface area contributed by atoms with Crippen molar-refractivity contribution in [2.75, 3.05) is 33.7 Å². The maximum absolute atomic E-state index is 12.7. The molecule has 4 nitrogen and oxygen atoms in total. The second-order valence-corrected chi connectivity index (χ2v) is 6.77. The Kier molecular flexibility index (Phi) is 7.67. The normalized spacial score (nSPS) is 23.8. The van der Waals surface area contributed by atoms with Crippen molar-refractivity contribution in [3.05, 3.63) is 0 Å². The average Bonchev–Trinajstić information content (AvgIpc) is 2.93. The Morgan fingerprint density at radius 3 is 2.38 bits per heavy atom. The highest BCUT2D eigenvalue weighted by atomic mass is 16.2. The van der Waals surface area contributed by atoms with Crippen LogP contribution in [0, 0.1) is 11.3 Å². The van der Waals surface area contributed by atoms with E-state index in [1.54, 1.807) is 0 Å². The lowest BCUT2D eigenvalue weighted by Gasteiger charge is -2.33. The second kappa shape index (κ2) is 8.74. The SMILES string of the molecule is CCCC1(C(=O)NCC(C(CC)CC)N(C)C)CCNC1. The van der Waals surface area contributed by atoms with Crippen LogP contribution >= 0.6 is 0 Å². The van der Waals surface area contributed by atoms with E-state index in [1.165, 1.54) is 0 Å². The summed E-state index contributed by atoms with van der Waals surface area (Å²) < 4.78 is 0. The second-order valence-electron chi connectivity index (χ2n) is 6.77. The molecule has 1 rings (SSSR count). The van der Waals surface area contributed by atoms with E-state index in [1.807, 2.05) is 0 Å². The zero-order valence-corrected chi connectivity index (χ0v) is 14.7. The molecule has 1 saturated heterocycles. The molecule has 1 amide bonds. The van der Waals surface area contributed by atoms with Crippen LogP contribution in [0.25, 0.3) is 0 Å². The molecule has 1 aliphatic heterocycles. The van der Waals surface area contributed by atoms with Gasteiger partial charge in [-0.25, -0.2) is 0 Å². The number of nitrogens with zero attached hydrogens (tertiary/aromatic N) is 1. The molecular weight excluding hydrogens is 262 g/mol. The number of amides is 1. The van der Waals surface area contributed by atoms with Crippen LogP contribution in [0.15, 0.2) is 0 Å². The summed E-state index contributed by atoms with van der Waals surface area (Å²) in [7, 11) is 4.24. The van der Waals surface area contributed by atoms with Gasteiger partial charge in [0.2, 0.25) is 5.91 Å². The van der Waals surface area contributed by atoms with E-state index in [0.717, 1.165) is 51.7 Å². The first-order valence-corrected chi connectivity index (χ1v) is 8.66. The van der Waals surface area contributed by atoms with Crippen LogP contribution in [0.4, 0.5) is 0 Å². The fourth-order valence-corrected chi connectivity index (χ4v) is 3.73. The molecule has 21 heavy (non-hydrogen) atoms. The predicted octanol–water partition coefficient (Wildman–Crippen LogP) is 2.25. The molecule has 0 spiro atoms. The topological polar surface area (TPSA) is 44.4 Å². The maximum atomic E-state index is 12.7. The first-order valence-electron chi connectivity index (χ1n) is 8.66. The first kappa shape index (κ1) is 18.4. The van der Waals surface area contributed by atoms with Crippen molar-refractivity contribution in [2.24, 2.45) is 11.3 Å². The molecule has 2 atom stereocenters. The van der Waals surface area contributed by atoms with Crippen LogP contribution < -0.4 is 10.6 Å². The van der Waals surface area contributed by atoms with E-state index < -0.39 is 0 Å². The Morgan fingerprint density at radius 1 is 1.29 bits per heavy atom. The third-order valence-electron chi connectivity index (χ3n) is 5.18. The van der Waals surface area contributed by atoms with E-state index in [2.05, 4.69) is 50.4 Å². The van der Waals surface area contributed by atoms with Gasteiger partial charge in [0.15, 0.2) is 0 Å². The van der Waals surface area contributed by atoms with Gasteiger partial charge in [-0.3, -0.25) is 4.79 Å². The van der Waals surface area contributed by atoms with Gasteiger partial charge in [-0.05, 0) is 39.4 Å². The van der Waals surface area contributed by atoms with Gasteiger partial charge in [-0.2, -0.15) is 0 Å². The molecule has 1 aliphatic rings. The fourth-order valence-electron chi connectivity index (χ4n) is 3.73. The van der Waals surface area contributed by atoms with Crippen molar-refractivity contribution in [3.63, 3.8) is 0 Å². The lowest BCUT2D eigenvalue weighted by atomic mass is 9.81. The van der Waals surface area contributed by atoms with Gasteiger partial charge in [0, 0.05) is 19.1 Å². The van der Waals surface area contributed by atoms with E-state index in [4.69, 9.17) is 0 Å². The number of nitrogens with one attached hydrogen (secondary N) is 2. The molecule has 4 heteroatoms. The van der Waals surface area contributed by atoms with Crippen molar-refractivity contribution in [3.8, 4) is 0 Å². The summed E-state index contributed by atoms with van der Waals surface area (Å²) in [4.78, 5) is 15.0. The van der Waals surface area contributed by atoms with Crippen molar-refractivity contribution in [1.82, 2.24) is 15.5 Å². The largest absolute Gasteiger partial charge is 0.354 e. The summed E-state index contributed by atoms with van der Waals surface area (Å²) in [6, 6.07) is 0.428. The number of carbonyl (C=O) groups excluding carboxylic acids is 1. The summed E-state index contributed by atoms with van der Waals surface area (Å²) in [5, 5.41) is 6.62. The van der Waals surface area contributed by atoms with Crippen LogP contribution in [0.5, 0.6) is 0 Å². The van der Waals surface area contributed by atoms with Crippen LogP contribution in [0.1, 0.15) is 52.9 Å². The number of likely N-dealkylation sites (N-methyl/N-ethyl adjacent to an activating group) is 1. The van der Waals surface area contributed by atoms with E-state index in [0.29, 0.717) is 12.0 Å². The summed E-state index contributed by atoms with van der Waals surface area (Å²) in [6.45, 7) is 9.23. The summed E-state index contributed by atoms with van der Waals surface area (Å²) in [5.41, 5.74) is -0.167. The molecule has 0 aromatic carbocycles. The quantitative estimate of drug-likeness (QED) is 0.686. The summed E-state index contributed by atoms with van der Waals surface area (Å²) in [5.74, 6) is 0.899. The van der Waals surface area contributed by atoms with Crippen LogP contribution in [-0.2, 0) is 4.79 Å². The number of rotatable bonds is 9. The van der Waals surface area contributed by atoms with Crippen molar-refractivity contribution < 1.29 is 4.79 Å². The van der Waals surface area contributed by atoms with Crippen LogP contribution in [-0.4, -0.2) is 50.6 Å². The van der Waals surface area contributed by atoms with E-state index in [-0.39, 0.29) is 11.3 Å². The minimum Gasteiger partial charge on any atom is -0.354 e. The molecule has 0 bridgehead atoms. The average molecular weight is 297 g/mol. The third kappa shape index (κ3) is 4.68. The fraction of sp³-hybridized carbons (Fsp3) is 0.941. The highest BCUT2D eigenvalue weighted by Crippen LogP contribution is 2.31. The molecule has 0 aliphatic carbocycles. The van der Waals surface area contributed by atoms with Gasteiger partial charge in [-0.15, -0.1) is 0 Å². The number of hydrogen-bond donors (Lipinski definition) is 2. The zero-order valence-electron chi connectivity index (χ0n) is 14.7. The Labute approximate surface area is 131 Å². The van der Waals surface area contributed by atoms with E-state index >= 15 is 0 Å². The predicted molar refractivity (Wildman–Crippen MR) is 89.4 cm³/mol. The molecular formula is C17H35N3O. The summed E-state index contributed by atoms with van der Waals surface area (Å²) >= 11 is 0. The molecule has 0 aromatic heterocycles. The monoisotopic (exact) mass is 297 g/mol. The highest BCUT2D eigenvalue weighted by molar-refractivity contribution is 5.83. The number of hydrogen-bond acceptors (Lipinski definition) is 3. The molecule has 124 valence electrons. The standard InChI is InChI=1S/C17H35N3O/c1-6-9-17(10-11-18-13-17)16(21)19-12-15(20(4)5)14(7-2)8-3/h14-15,18H,6-13H2,1-5H3,(H,19,21). The molecule has 0 radical (unpaired) electrons. The van der Waals surface area contributed by atoms with Gasteiger partial charge >= 0.3 is 0 Å².